The Morgan fingerprint density at radius 3 is 2.71 bits per heavy atom. The number of hydrogen-bond acceptors (Lipinski definition) is 3. The van der Waals surface area contributed by atoms with Crippen molar-refractivity contribution >= 4 is 11.5 Å². The number of ketones is 1. The van der Waals surface area contributed by atoms with Crippen LogP contribution in [-0.4, -0.2) is 25.4 Å². The van der Waals surface area contributed by atoms with E-state index in [1.807, 2.05) is 0 Å². The van der Waals surface area contributed by atoms with Gasteiger partial charge in [-0.3, -0.25) is 4.79 Å². The summed E-state index contributed by atoms with van der Waals surface area (Å²) >= 11 is 0. The van der Waals surface area contributed by atoms with Crippen molar-refractivity contribution in [3.05, 3.63) is 29.6 Å². The second-order valence-electron chi connectivity index (χ2n) is 3.38. The first-order valence-electron chi connectivity index (χ1n) is 4.95. The predicted molar refractivity (Wildman–Crippen MR) is 56.6 cm³/mol. The first-order valence-corrected chi connectivity index (χ1v) is 4.95. The minimum atomic E-state index is -2.56. The number of carbonyl (C=O) groups excluding carboxylic acids is 1. The van der Waals surface area contributed by atoms with E-state index in [0.29, 0.717) is 0 Å². The highest BCUT2D eigenvalue weighted by Crippen LogP contribution is 2.13. The van der Waals surface area contributed by atoms with Crippen LogP contribution < -0.4 is 5.73 Å². The molecule has 17 heavy (non-hydrogen) atoms. The maximum atomic E-state index is 13.0. The van der Waals surface area contributed by atoms with E-state index < -0.39 is 18.8 Å². The standard InChI is InChI=1S/C11H12F3NO2/c12-8-5-7(1-2-9(8)15)10(16)3-4-17-6-11(13)14/h1-2,5,11H,3-4,6,15H2. The Labute approximate surface area is 96.4 Å². The third-order valence-electron chi connectivity index (χ3n) is 2.04. The van der Waals surface area contributed by atoms with Gasteiger partial charge in [0.2, 0.25) is 0 Å². The monoisotopic (exact) mass is 247 g/mol. The number of nitrogens with two attached hydrogens (primary N) is 1. The van der Waals surface area contributed by atoms with Gasteiger partial charge in [0.25, 0.3) is 6.43 Å². The number of halogens is 3. The lowest BCUT2D eigenvalue weighted by molar-refractivity contribution is 0.0170. The fraction of sp³-hybridized carbons (Fsp3) is 0.364. The summed E-state index contributed by atoms with van der Waals surface area (Å²) in [6.45, 7) is -0.821. The molecule has 0 spiro atoms. The molecule has 0 aliphatic heterocycles. The van der Waals surface area contributed by atoms with Gasteiger partial charge in [-0.05, 0) is 18.2 Å². The van der Waals surface area contributed by atoms with Crippen molar-refractivity contribution < 1.29 is 22.7 Å². The molecule has 94 valence electrons. The van der Waals surface area contributed by atoms with Crippen LogP contribution in [0.5, 0.6) is 0 Å². The van der Waals surface area contributed by atoms with Gasteiger partial charge in [-0.15, -0.1) is 0 Å². The number of benzene rings is 1. The second kappa shape index (κ2) is 6.24. The van der Waals surface area contributed by atoms with Crippen LogP contribution in [0.15, 0.2) is 18.2 Å². The minimum absolute atomic E-state index is 0.0458. The zero-order chi connectivity index (χ0) is 12.8. The normalized spacial score (nSPS) is 10.8. The van der Waals surface area contributed by atoms with Crippen molar-refractivity contribution in [1.82, 2.24) is 0 Å². The number of Topliss-reactive ketones (excluding diaryl/α,β-unsaturated/α-hetero) is 1. The molecule has 2 N–H and O–H groups in total. The molecule has 0 unspecified atom stereocenters. The van der Waals surface area contributed by atoms with Gasteiger partial charge in [0.15, 0.2) is 5.78 Å². The summed E-state index contributed by atoms with van der Waals surface area (Å²) in [5, 5.41) is 0. The van der Waals surface area contributed by atoms with Crippen molar-refractivity contribution in [3.8, 4) is 0 Å². The predicted octanol–water partition coefficient (Wildman–Crippen LogP) is 2.26. The summed E-state index contributed by atoms with van der Waals surface area (Å²) in [7, 11) is 0. The lowest BCUT2D eigenvalue weighted by Gasteiger charge is -2.04. The van der Waals surface area contributed by atoms with Gasteiger partial charge < -0.3 is 10.5 Å². The average molecular weight is 247 g/mol. The van der Waals surface area contributed by atoms with Crippen LogP contribution in [0.2, 0.25) is 0 Å². The molecular weight excluding hydrogens is 235 g/mol. The summed E-state index contributed by atoms with van der Waals surface area (Å²) in [6.07, 6.45) is -2.63. The maximum absolute atomic E-state index is 13.0. The zero-order valence-corrected chi connectivity index (χ0v) is 8.96. The molecule has 0 heterocycles. The van der Waals surface area contributed by atoms with Crippen LogP contribution in [-0.2, 0) is 4.74 Å². The van der Waals surface area contributed by atoms with Crippen LogP contribution in [0.4, 0.5) is 18.9 Å². The quantitative estimate of drug-likeness (QED) is 0.476. The highest BCUT2D eigenvalue weighted by Gasteiger charge is 2.09. The second-order valence-corrected chi connectivity index (χ2v) is 3.38. The molecule has 1 rings (SSSR count). The third kappa shape index (κ3) is 4.44. The van der Waals surface area contributed by atoms with Crippen molar-refractivity contribution in [1.29, 1.82) is 0 Å². The molecular formula is C11H12F3NO2. The van der Waals surface area contributed by atoms with Gasteiger partial charge in [0, 0.05) is 12.0 Å². The molecule has 0 aromatic heterocycles. The summed E-state index contributed by atoms with van der Waals surface area (Å²) in [5.41, 5.74) is 5.35. The van der Waals surface area contributed by atoms with E-state index in [2.05, 4.69) is 4.74 Å². The van der Waals surface area contributed by atoms with Gasteiger partial charge in [-0.2, -0.15) is 0 Å². The molecule has 1 aromatic rings. The molecule has 0 fully saturated rings. The van der Waals surface area contributed by atoms with Crippen LogP contribution in [0.1, 0.15) is 16.8 Å². The molecule has 0 aliphatic carbocycles. The molecule has 3 nitrogen and oxygen atoms in total. The number of anilines is 1. The highest BCUT2D eigenvalue weighted by molar-refractivity contribution is 5.96. The Kier molecular flexibility index (Phi) is 4.96. The van der Waals surface area contributed by atoms with E-state index in [9.17, 15) is 18.0 Å². The largest absolute Gasteiger partial charge is 0.396 e. The van der Waals surface area contributed by atoms with Crippen LogP contribution in [0.25, 0.3) is 0 Å². The van der Waals surface area contributed by atoms with E-state index in [-0.39, 0.29) is 30.1 Å². The lowest BCUT2D eigenvalue weighted by atomic mass is 10.1. The summed E-state index contributed by atoms with van der Waals surface area (Å²) in [6, 6.07) is 3.68. The van der Waals surface area contributed by atoms with Crippen molar-refractivity contribution in [2.75, 3.05) is 18.9 Å². The third-order valence-corrected chi connectivity index (χ3v) is 2.04. The lowest BCUT2D eigenvalue weighted by Crippen LogP contribution is -2.09. The number of rotatable bonds is 6. The van der Waals surface area contributed by atoms with E-state index in [4.69, 9.17) is 5.73 Å². The fourth-order valence-corrected chi connectivity index (χ4v) is 1.18. The average Bonchev–Trinajstić information content (AvgIpc) is 2.27. The van der Waals surface area contributed by atoms with Gasteiger partial charge in [0.05, 0.1) is 12.3 Å². The Morgan fingerprint density at radius 1 is 1.41 bits per heavy atom. The van der Waals surface area contributed by atoms with Gasteiger partial charge >= 0.3 is 0 Å². The maximum Gasteiger partial charge on any atom is 0.261 e. The molecule has 0 saturated carbocycles. The van der Waals surface area contributed by atoms with E-state index >= 15 is 0 Å². The molecule has 0 amide bonds. The summed E-state index contributed by atoms with van der Waals surface area (Å²) in [4.78, 5) is 11.5. The van der Waals surface area contributed by atoms with Crippen molar-refractivity contribution in [2.45, 2.75) is 12.8 Å². The van der Waals surface area contributed by atoms with Gasteiger partial charge in [-0.1, -0.05) is 0 Å². The minimum Gasteiger partial charge on any atom is -0.396 e. The number of carbonyl (C=O) groups is 1. The SMILES string of the molecule is Nc1ccc(C(=O)CCOCC(F)F)cc1F. The zero-order valence-electron chi connectivity index (χ0n) is 8.96. The number of ether oxygens (including phenoxy) is 1. The Bertz CT molecular complexity index is 396. The molecule has 0 radical (unpaired) electrons. The van der Waals surface area contributed by atoms with Gasteiger partial charge in [0.1, 0.15) is 12.4 Å². The smallest absolute Gasteiger partial charge is 0.261 e. The van der Waals surface area contributed by atoms with E-state index in [1.165, 1.54) is 12.1 Å². The number of alkyl halides is 2. The Morgan fingerprint density at radius 2 is 2.12 bits per heavy atom. The molecule has 0 saturated heterocycles. The summed E-state index contributed by atoms with van der Waals surface area (Å²) in [5.74, 6) is -1.05. The van der Waals surface area contributed by atoms with Gasteiger partial charge in [-0.25, -0.2) is 13.2 Å². The van der Waals surface area contributed by atoms with Crippen molar-refractivity contribution in [2.24, 2.45) is 0 Å². The highest BCUT2D eigenvalue weighted by atomic mass is 19.3. The van der Waals surface area contributed by atoms with Crippen LogP contribution >= 0.6 is 0 Å². The molecule has 0 bridgehead atoms. The van der Waals surface area contributed by atoms with Crippen molar-refractivity contribution in [3.63, 3.8) is 0 Å². The van der Waals surface area contributed by atoms with Crippen LogP contribution in [0.3, 0.4) is 0 Å². The van der Waals surface area contributed by atoms with E-state index in [1.54, 1.807) is 0 Å². The first-order chi connectivity index (χ1) is 8.00. The van der Waals surface area contributed by atoms with Crippen LogP contribution in [0, 0.1) is 5.82 Å². The molecule has 1 aromatic carbocycles. The summed E-state index contributed by atoms with van der Waals surface area (Å²) < 4.78 is 41.0. The molecule has 6 heteroatoms. The topological polar surface area (TPSA) is 52.3 Å². The number of hydrogen-bond donors (Lipinski definition) is 1. The number of nitrogen functional groups attached to an aromatic ring is 1. The van der Waals surface area contributed by atoms with E-state index in [0.717, 1.165) is 6.07 Å². The first kappa shape index (κ1) is 13.5. The fourth-order valence-electron chi connectivity index (χ4n) is 1.18. The molecule has 0 aliphatic rings. The Balaban J connectivity index is 2.44. The Hall–Kier alpha value is -1.56. The molecule has 0 atom stereocenters.